The Morgan fingerprint density at radius 2 is 2.04 bits per heavy atom. The van der Waals surface area contributed by atoms with Crippen molar-refractivity contribution < 1.29 is 17.6 Å². The first-order valence-corrected chi connectivity index (χ1v) is 10.9. The maximum atomic E-state index is 13.1. The molecular weight excluding hydrogens is 421 g/mol. The summed E-state index contributed by atoms with van der Waals surface area (Å²) in [6, 6.07) is 7.96. The number of carbonyl (C=O) groups excluding carboxylic acids is 1. The first-order chi connectivity index (χ1) is 12.2. The van der Waals surface area contributed by atoms with Crippen molar-refractivity contribution in [2.75, 3.05) is 11.6 Å². The van der Waals surface area contributed by atoms with Crippen LogP contribution in [0.25, 0.3) is 10.2 Å². The summed E-state index contributed by atoms with van der Waals surface area (Å²) in [4.78, 5) is 16.4. The molecule has 0 spiro atoms. The molecule has 0 fully saturated rings. The summed E-state index contributed by atoms with van der Waals surface area (Å²) < 4.78 is 40.1. The lowest BCUT2D eigenvalue weighted by Gasteiger charge is -2.06. The van der Waals surface area contributed by atoms with Gasteiger partial charge in [-0.05, 0) is 36.4 Å². The van der Waals surface area contributed by atoms with Gasteiger partial charge in [-0.1, -0.05) is 11.6 Å². The second-order valence-electron chi connectivity index (χ2n) is 5.17. The molecule has 1 aromatic heterocycles. The van der Waals surface area contributed by atoms with E-state index in [4.69, 9.17) is 11.6 Å². The third-order valence-corrected chi connectivity index (χ3v) is 6.44. The number of sulfone groups is 1. The predicted octanol–water partition coefficient (Wildman–Crippen LogP) is 4.32. The number of amides is 2. The first kappa shape index (κ1) is 18.9. The van der Waals surface area contributed by atoms with Gasteiger partial charge in [0, 0.05) is 23.9 Å². The van der Waals surface area contributed by atoms with E-state index in [1.165, 1.54) is 29.5 Å². The molecule has 0 unspecified atom stereocenters. The number of thiazole rings is 1. The van der Waals surface area contributed by atoms with Crippen LogP contribution in [0.15, 0.2) is 45.6 Å². The lowest BCUT2D eigenvalue weighted by molar-refractivity contribution is 0.257. The Kier molecular flexibility index (Phi) is 5.37. The molecule has 2 N–H and O–H groups in total. The van der Waals surface area contributed by atoms with Crippen molar-refractivity contribution in [1.82, 2.24) is 9.71 Å². The maximum Gasteiger partial charge on any atom is 0.329 e. The van der Waals surface area contributed by atoms with Gasteiger partial charge in [0.25, 0.3) is 0 Å². The van der Waals surface area contributed by atoms with Gasteiger partial charge in [0.1, 0.15) is 5.82 Å². The lowest BCUT2D eigenvalue weighted by atomic mass is 10.3. The minimum absolute atomic E-state index is 0.0942. The van der Waals surface area contributed by atoms with E-state index in [1.807, 2.05) is 0 Å². The number of aromatic nitrogens is 1. The number of anilines is 1. The third-order valence-electron chi connectivity index (χ3n) is 3.18. The van der Waals surface area contributed by atoms with E-state index in [0.717, 1.165) is 24.3 Å². The van der Waals surface area contributed by atoms with Gasteiger partial charge in [-0.15, -0.1) is 11.3 Å². The highest BCUT2D eigenvalue weighted by Gasteiger charge is 2.12. The number of nitrogens with one attached hydrogen (secondary N) is 2. The van der Waals surface area contributed by atoms with E-state index in [-0.39, 0.29) is 9.92 Å². The summed E-state index contributed by atoms with van der Waals surface area (Å²) in [7, 11) is -3.30. The van der Waals surface area contributed by atoms with Crippen LogP contribution in [-0.4, -0.2) is 25.7 Å². The number of hydrogen-bond donors (Lipinski definition) is 2. The highest BCUT2D eigenvalue weighted by Crippen LogP contribution is 2.30. The van der Waals surface area contributed by atoms with Gasteiger partial charge in [0.15, 0.2) is 14.2 Å². The van der Waals surface area contributed by atoms with Crippen molar-refractivity contribution >= 4 is 66.7 Å². The molecular formula is C15H11ClFN3O3S3. The molecule has 0 aliphatic rings. The fraction of sp³-hybridized carbons (Fsp3) is 0.0667. The smallest absolute Gasteiger partial charge is 0.307 e. The van der Waals surface area contributed by atoms with Crippen molar-refractivity contribution in [2.24, 2.45) is 0 Å². The van der Waals surface area contributed by atoms with E-state index in [1.54, 1.807) is 12.1 Å². The van der Waals surface area contributed by atoms with Crippen molar-refractivity contribution in [3.05, 3.63) is 47.2 Å². The molecule has 136 valence electrons. The quantitative estimate of drug-likeness (QED) is 0.600. The van der Waals surface area contributed by atoms with Gasteiger partial charge < -0.3 is 5.32 Å². The Morgan fingerprint density at radius 1 is 1.27 bits per heavy atom. The number of nitrogens with zero attached hydrogens (tertiary/aromatic N) is 1. The zero-order valence-electron chi connectivity index (χ0n) is 13.1. The van der Waals surface area contributed by atoms with Crippen LogP contribution >= 0.6 is 34.9 Å². The largest absolute Gasteiger partial charge is 0.329 e. The minimum atomic E-state index is -3.30. The van der Waals surface area contributed by atoms with Crippen molar-refractivity contribution in [1.29, 1.82) is 0 Å². The summed E-state index contributed by atoms with van der Waals surface area (Å²) >= 11 is 7.89. The van der Waals surface area contributed by atoms with E-state index in [0.29, 0.717) is 20.2 Å². The Balaban J connectivity index is 1.67. The molecule has 0 aliphatic heterocycles. The fourth-order valence-electron chi connectivity index (χ4n) is 1.98. The summed E-state index contributed by atoms with van der Waals surface area (Å²) in [5, 5.41) is 2.42. The highest BCUT2D eigenvalue weighted by atomic mass is 35.5. The van der Waals surface area contributed by atoms with Crippen molar-refractivity contribution in [3.8, 4) is 0 Å². The van der Waals surface area contributed by atoms with E-state index >= 15 is 0 Å². The van der Waals surface area contributed by atoms with Crippen molar-refractivity contribution in [2.45, 2.75) is 9.24 Å². The number of benzene rings is 2. The standard InChI is InChI=1S/C15H11ClFN3O3S3/c1-26(22,23)9-3-5-12-13(7-9)24-15(19-12)25-20-14(21)18-8-2-4-11(17)10(16)6-8/h2-7H,1H3,(H2,18,20,21). The first-order valence-electron chi connectivity index (χ1n) is 7.02. The van der Waals surface area contributed by atoms with Crippen LogP contribution in [0.4, 0.5) is 14.9 Å². The Hall–Kier alpha value is -1.88. The lowest BCUT2D eigenvalue weighted by Crippen LogP contribution is -2.22. The molecule has 0 bridgehead atoms. The molecule has 26 heavy (non-hydrogen) atoms. The molecule has 0 aliphatic carbocycles. The molecule has 1 heterocycles. The summed E-state index contributed by atoms with van der Waals surface area (Å²) in [6.07, 6.45) is 1.14. The molecule has 3 aromatic rings. The Bertz CT molecular complexity index is 1100. The van der Waals surface area contributed by atoms with Gasteiger partial charge >= 0.3 is 6.03 Å². The summed E-state index contributed by atoms with van der Waals surface area (Å²) in [5.41, 5.74) is 0.981. The molecule has 6 nitrogen and oxygen atoms in total. The molecule has 0 radical (unpaired) electrons. The minimum Gasteiger partial charge on any atom is -0.307 e. The van der Waals surface area contributed by atoms with E-state index in [9.17, 15) is 17.6 Å². The number of rotatable bonds is 4. The highest BCUT2D eigenvalue weighted by molar-refractivity contribution is 7.99. The maximum absolute atomic E-state index is 13.1. The summed E-state index contributed by atoms with van der Waals surface area (Å²) in [5.74, 6) is -0.574. The van der Waals surface area contributed by atoms with E-state index < -0.39 is 21.7 Å². The molecule has 2 aromatic carbocycles. The topological polar surface area (TPSA) is 88.2 Å². The molecule has 0 atom stereocenters. The van der Waals surface area contributed by atoms with Crippen LogP contribution in [0.2, 0.25) is 5.02 Å². The van der Waals surface area contributed by atoms with Crippen LogP contribution < -0.4 is 10.0 Å². The van der Waals surface area contributed by atoms with Gasteiger partial charge in [0.05, 0.1) is 20.1 Å². The van der Waals surface area contributed by atoms with E-state index in [2.05, 4.69) is 15.0 Å². The Labute approximate surface area is 161 Å². The van der Waals surface area contributed by atoms with Crippen LogP contribution in [0.1, 0.15) is 0 Å². The third kappa shape index (κ3) is 4.44. The van der Waals surface area contributed by atoms with Crippen LogP contribution in [0, 0.1) is 5.82 Å². The second-order valence-corrected chi connectivity index (χ2v) is 9.68. The van der Waals surface area contributed by atoms with Gasteiger partial charge in [-0.2, -0.15) is 0 Å². The molecule has 3 rings (SSSR count). The average molecular weight is 432 g/mol. The SMILES string of the molecule is CS(=O)(=O)c1ccc2nc(SNC(=O)Nc3ccc(F)c(Cl)c3)sc2c1. The van der Waals surface area contributed by atoms with Crippen LogP contribution in [-0.2, 0) is 9.84 Å². The van der Waals surface area contributed by atoms with Crippen LogP contribution in [0.5, 0.6) is 0 Å². The average Bonchev–Trinajstić information content (AvgIpc) is 2.97. The number of urea groups is 1. The van der Waals surface area contributed by atoms with Crippen molar-refractivity contribution in [3.63, 3.8) is 0 Å². The summed E-state index contributed by atoms with van der Waals surface area (Å²) in [6.45, 7) is 0. The number of halogens is 2. The van der Waals surface area contributed by atoms with Gasteiger partial charge in [-0.3, -0.25) is 4.72 Å². The zero-order chi connectivity index (χ0) is 18.9. The monoisotopic (exact) mass is 431 g/mol. The molecule has 0 saturated carbocycles. The van der Waals surface area contributed by atoms with Gasteiger partial charge in [0.2, 0.25) is 0 Å². The number of fused-ring (bicyclic) bond motifs is 1. The number of hydrogen-bond acceptors (Lipinski definition) is 6. The number of carbonyl (C=O) groups is 1. The van der Waals surface area contributed by atoms with Crippen LogP contribution in [0.3, 0.4) is 0 Å². The normalized spacial score (nSPS) is 11.5. The Morgan fingerprint density at radius 3 is 2.73 bits per heavy atom. The fourth-order valence-corrected chi connectivity index (χ4v) is 4.55. The second kappa shape index (κ2) is 7.39. The zero-order valence-corrected chi connectivity index (χ0v) is 16.3. The molecule has 11 heteroatoms. The van der Waals surface area contributed by atoms with Gasteiger partial charge in [-0.25, -0.2) is 22.6 Å². The molecule has 2 amide bonds. The molecule has 0 saturated heterocycles. The predicted molar refractivity (Wildman–Crippen MR) is 102 cm³/mol.